The van der Waals surface area contributed by atoms with Crippen LogP contribution in [-0.2, 0) is 5.75 Å². The third-order valence-corrected chi connectivity index (χ3v) is 4.33. The molecule has 17 heavy (non-hydrogen) atoms. The Morgan fingerprint density at radius 1 is 1.24 bits per heavy atom. The molecule has 1 heterocycles. The van der Waals surface area contributed by atoms with Crippen molar-refractivity contribution in [1.82, 2.24) is 4.90 Å². The molecule has 2 heteroatoms. The van der Waals surface area contributed by atoms with Gasteiger partial charge in [-0.25, -0.2) is 0 Å². The zero-order valence-electron chi connectivity index (χ0n) is 10.7. The first-order valence-corrected chi connectivity index (χ1v) is 6.96. The van der Waals surface area contributed by atoms with Crippen molar-refractivity contribution in [2.24, 2.45) is 0 Å². The second-order valence-electron chi connectivity index (χ2n) is 4.52. The minimum atomic E-state index is 0.458. The third kappa shape index (κ3) is 3.16. The Hall–Kier alpha value is -1.15. The van der Waals surface area contributed by atoms with Gasteiger partial charge in [-0.1, -0.05) is 35.9 Å². The highest BCUT2D eigenvalue weighted by molar-refractivity contribution is 7.99. The van der Waals surface area contributed by atoms with Crippen molar-refractivity contribution in [2.45, 2.75) is 25.0 Å². The smallest absolute Gasteiger partial charge is 0.0933 e. The lowest BCUT2D eigenvalue weighted by molar-refractivity contribution is 0.473. The molecule has 0 fully saturated rings. The Bertz CT molecular complexity index is 448. The molecule has 2 rings (SSSR count). The van der Waals surface area contributed by atoms with Crippen LogP contribution in [0.1, 0.15) is 16.7 Å². The molecule has 0 amide bonds. The van der Waals surface area contributed by atoms with E-state index < -0.39 is 0 Å². The fourth-order valence-corrected chi connectivity index (χ4v) is 3.04. The molecule has 0 aromatic heterocycles. The summed E-state index contributed by atoms with van der Waals surface area (Å²) in [5.41, 5.74) is 4.19. The van der Waals surface area contributed by atoms with E-state index >= 15 is 0 Å². The summed E-state index contributed by atoms with van der Waals surface area (Å²) in [6, 6.07) is 6.69. The van der Waals surface area contributed by atoms with Gasteiger partial charge < -0.3 is 4.90 Å². The zero-order chi connectivity index (χ0) is 12.3. The fourth-order valence-electron chi connectivity index (χ4n) is 1.87. The predicted molar refractivity (Wildman–Crippen MR) is 77.0 cm³/mol. The van der Waals surface area contributed by atoms with Crippen molar-refractivity contribution in [3.63, 3.8) is 0 Å². The van der Waals surface area contributed by atoms with Gasteiger partial charge in [-0.2, -0.15) is 0 Å². The molecule has 0 N–H and O–H groups in total. The standard InChI is InChI=1S/C15H19NS/c1-12-7-8-13(2)14(10-12)11-17-15-6-4-5-9-16(15)3/h4-10,15H,11H2,1-3H3. The quantitative estimate of drug-likeness (QED) is 0.795. The lowest BCUT2D eigenvalue weighted by Crippen LogP contribution is -2.23. The highest BCUT2D eigenvalue weighted by Crippen LogP contribution is 2.25. The van der Waals surface area contributed by atoms with Crippen LogP contribution in [0.2, 0.25) is 0 Å². The Balaban J connectivity index is 2.00. The maximum absolute atomic E-state index is 2.30. The Morgan fingerprint density at radius 2 is 2.06 bits per heavy atom. The summed E-state index contributed by atoms with van der Waals surface area (Å²) in [5.74, 6) is 1.07. The van der Waals surface area contributed by atoms with Crippen LogP contribution in [0.3, 0.4) is 0 Å². The minimum absolute atomic E-state index is 0.458. The van der Waals surface area contributed by atoms with Crippen molar-refractivity contribution in [3.8, 4) is 0 Å². The van der Waals surface area contributed by atoms with Gasteiger partial charge in [-0.05, 0) is 31.1 Å². The number of allylic oxidation sites excluding steroid dienone is 2. The van der Waals surface area contributed by atoms with Crippen LogP contribution < -0.4 is 0 Å². The van der Waals surface area contributed by atoms with E-state index in [1.807, 2.05) is 11.8 Å². The van der Waals surface area contributed by atoms with Crippen molar-refractivity contribution in [1.29, 1.82) is 0 Å². The number of likely N-dealkylation sites (N-methyl/N-ethyl adjacent to an activating group) is 1. The Labute approximate surface area is 108 Å². The average molecular weight is 245 g/mol. The van der Waals surface area contributed by atoms with E-state index in [0.29, 0.717) is 5.37 Å². The molecule has 0 bridgehead atoms. The topological polar surface area (TPSA) is 3.24 Å². The van der Waals surface area contributed by atoms with Gasteiger partial charge in [0.2, 0.25) is 0 Å². The molecular formula is C15H19NS. The Morgan fingerprint density at radius 3 is 2.82 bits per heavy atom. The van der Waals surface area contributed by atoms with Crippen LogP contribution in [0.25, 0.3) is 0 Å². The molecule has 1 atom stereocenters. The number of thioether (sulfide) groups is 1. The highest BCUT2D eigenvalue weighted by atomic mass is 32.2. The number of hydrogen-bond acceptors (Lipinski definition) is 2. The lowest BCUT2D eigenvalue weighted by Gasteiger charge is -2.25. The second kappa shape index (κ2) is 5.46. The molecule has 0 radical (unpaired) electrons. The van der Waals surface area contributed by atoms with E-state index in [2.05, 4.69) is 68.4 Å². The molecule has 1 aromatic rings. The van der Waals surface area contributed by atoms with Crippen LogP contribution in [0, 0.1) is 13.8 Å². The number of benzene rings is 1. The van der Waals surface area contributed by atoms with E-state index in [1.165, 1.54) is 16.7 Å². The molecular weight excluding hydrogens is 226 g/mol. The summed E-state index contributed by atoms with van der Waals surface area (Å²) in [6.45, 7) is 4.35. The maximum Gasteiger partial charge on any atom is 0.0933 e. The van der Waals surface area contributed by atoms with E-state index in [1.54, 1.807) is 0 Å². The monoisotopic (exact) mass is 245 g/mol. The normalized spacial score (nSPS) is 18.8. The maximum atomic E-state index is 2.30. The molecule has 0 aliphatic carbocycles. The van der Waals surface area contributed by atoms with Crippen molar-refractivity contribution < 1.29 is 0 Å². The summed E-state index contributed by atoms with van der Waals surface area (Å²) in [4.78, 5) is 2.25. The van der Waals surface area contributed by atoms with Crippen molar-refractivity contribution >= 4 is 11.8 Å². The first-order chi connectivity index (χ1) is 8.16. The highest BCUT2D eigenvalue weighted by Gasteiger charge is 2.11. The first kappa shape index (κ1) is 12.3. The largest absolute Gasteiger partial charge is 0.365 e. The van der Waals surface area contributed by atoms with Gasteiger partial charge in [0, 0.05) is 19.0 Å². The number of aryl methyl sites for hydroxylation is 2. The van der Waals surface area contributed by atoms with Gasteiger partial charge in [0.05, 0.1) is 5.37 Å². The molecule has 0 saturated carbocycles. The van der Waals surface area contributed by atoms with E-state index in [0.717, 1.165) is 5.75 Å². The van der Waals surface area contributed by atoms with E-state index in [9.17, 15) is 0 Å². The predicted octanol–water partition coefficient (Wildman–Crippen LogP) is 3.88. The molecule has 0 saturated heterocycles. The van der Waals surface area contributed by atoms with Crippen molar-refractivity contribution in [3.05, 3.63) is 59.3 Å². The van der Waals surface area contributed by atoms with E-state index in [-0.39, 0.29) is 0 Å². The van der Waals surface area contributed by atoms with Gasteiger partial charge in [0.15, 0.2) is 0 Å². The molecule has 1 aliphatic rings. The molecule has 1 aromatic carbocycles. The average Bonchev–Trinajstić information content (AvgIpc) is 2.32. The molecule has 0 spiro atoms. The molecule has 90 valence electrons. The zero-order valence-corrected chi connectivity index (χ0v) is 11.5. The van der Waals surface area contributed by atoms with E-state index in [4.69, 9.17) is 0 Å². The van der Waals surface area contributed by atoms with Crippen LogP contribution >= 0.6 is 11.8 Å². The van der Waals surface area contributed by atoms with Gasteiger partial charge in [-0.15, -0.1) is 11.8 Å². The van der Waals surface area contributed by atoms with Crippen molar-refractivity contribution in [2.75, 3.05) is 7.05 Å². The third-order valence-electron chi connectivity index (χ3n) is 3.02. The summed E-state index contributed by atoms with van der Waals surface area (Å²) in [5, 5.41) is 0.458. The van der Waals surface area contributed by atoms with Crippen LogP contribution in [0.15, 0.2) is 42.6 Å². The summed E-state index contributed by atoms with van der Waals surface area (Å²) in [7, 11) is 2.13. The number of nitrogens with zero attached hydrogens (tertiary/aromatic N) is 1. The summed E-state index contributed by atoms with van der Waals surface area (Å²) >= 11 is 1.97. The lowest BCUT2D eigenvalue weighted by atomic mass is 10.1. The fraction of sp³-hybridized carbons (Fsp3) is 0.333. The number of rotatable bonds is 3. The second-order valence-corrected chi connectivity index (χ2v) is 5.63. The minimum Gasteiger partial charge on any atom is -0.365 e. The summed E-state index contributed by atoms with van der Waals surface area (Å²) in [6.07, 6.45) is 8.58. The first-order valence-electron chi connectivity index (χ1n) is 5.91. The van der Waals surface area contributed by atoms with Gasteiger partial charge in [0.1, 0.15) is 0 Å². The SMILES string of the molecule is Cc1ccc(C)c(CSC2C=CC=CN2C)c1. The summed E-state index contributed by atoms with van der Waals surface area (Å²) < 4.78 is 0. The van der Waals surface area contributed by atoms with Crippen LogP contribution in [-0.4, -0.2) is 17.3 Å². The molecule has 1 unspecified atom stereocenters. The molecule has 1 aliphatic heterocycles. The Kier molecular flexibility index (Phi) is 3.95. The number of hydrogen-bond donors (Lipinski definition) is 0. The van der Waals surface area contributed by atoms with Crippen LogP contribution in [0.4, 0.5) is 0 Å². The van der Waals surface area contributed by atoms with Gasteiger partial charge in [0.25, 0.3) is 0 Å². The van der Waals surface area contributed by atoms with Gasteiger partial charge in [-0.3, -0.25) is 0 Å². The van der Waals surface area contributed by atoms with Crippen LogP contribution in [0.5, 0.6) is 0 Å². The molecule has 1 nitrogen and oxygen atoms in total. The van der Waals surface area contributed by atoms with Gasteiger partial charge >= 0.3 is 0 Å².